The van der Waals surface area contributed by atoms with Gasteiger partial charge in [-0.3, -0.25) is 0 Å². The molecule has 0 aromatic heterocycles. The molecule has 1 fully saturated rings. The Hall–Kier alpha value is -1.31. The van der Waals surface area contributed by atoms with E-state index in [1.807, 2.05) is 6.08 Å². The molecule has 76 valence electrons. The predicted molar refractivity (Wildman–Crippen MR) is 57.1 cm³/mol. The summed E-state index contributed by atoms with van der Waals surface area (Å²) < 4.78 is 0. The Morgan fingerprint density at radius 2 is 1.79 bits per heavy atom. The zero-order chi connectivity index (χ0) is 10.2. The van der Waals surface area contributed by atoms with Crippen LogP contribution in [0.25, 0.3) is 0 Å². The van der Waals surface area contributed by atoms with E-state index in [2.05, 4.69) is 6.08 Å². The standard InChI is InChI=1S/C12H16O2/c13-12(14)10-6-2-5-9-11-7-3-1-4-8-11/h2,5-6,9-10H,1,3-4,7-8H2,(H,13,14)/b5-2+,10-6+. The zero-order valence-electron chi connectivity index (χ0n) is 8.28. The van der Waals surface area contributed by atoms with E-state index in [4.69, 9.17) is 5.11 Å². The maximum atomic E-state index is 10.1. The van der Waals surface area contributed by atoms with Gasteiger partial charge in [-0.15, -0.1) is 0 Å². The SMILES string of the molecule is O=C(O)/C=C/C=C/C=C1CCCCC1. The second kappa shape index (κ2) is 6.19. The lowest BCUT2D eigenvalue weighted by molar-refractivity contribution is -0.131. The van der Waals surface area contributed by atoms with Crippen molar-refractivity contribution in [1.82, 2.24) is 0 Å². The summed E-state index contributed by atoms with van der Waals surface area (Å²) in [5, 5.41) is 8.33. The van der Waals surface area contributed by atoms with Crippen LogP contribution in [0.15, 0.2) is 36.0 Å². The van der Waals surface area contributed by atoms with Gasteiger partial charge in [0.05, 0.1) is 0 Å². The van der Waals surface area contributed by atoms with Crippen LogP contribution in [0.5, 0.6) is 0 Å². The van der Waals surface area contributed by atoms with Gasteiger partial charge in [-0.05, 0) is 25.7 Å². The first-order valence-corrected chi connectivity index (χ1v) is 5.05. The first kappa shape index (κ1) is 10.8. The summed E-state index contributed by atoms with van der Waals surface area (Å²) >= 11 is 0. The van der Waals surface area contributed by atoms with Gasteiger partial charge in [-0.25, -0.2) is 4.79 Å². The molecule has 1 aliphatic carbocycles. The smallest absolute Gasteiger partial charge is 0.328 e. The van der Waals surface area contributed by atoms with E-state index < -0.39 is 5.97 Å². The average molecular weight is 192 g/mol. The number of carboxylic acids is 1. The summed E-state index contributed by atoms with van der Waals surface area (Å²) in [6, 6.07) is 0. The normalized spacial score (nSPS) is 17.9. The molecule has 0 aliphatic heterocycles. The quantitative estimate of drug-likeness (QED) is 0.551. The highest BCUT2D eigenvalue weighted by atomic mass is 16.4. The van der Waals surface area contributed by atoms with E-state index in [1.165, 1.54) is 37.7 Å². The molecule has 0 unspecified atom stereocenters. The van der Waals surface area contributed by atoms with Gasteiger partial charge in [0.15, 0.2) is 0 Å². The van der Waals surface area contributed by atoms with Crippen LogP contribution < -0.4 is 0 Å². The second-order valence-electron chi connectivity index (χ2n) is 3.47. The van der Waals surface area contributed by atoms with Gasteiger partial charge < -0.3 is 5.11 Å². The molecule has 0 aromatic rings. The van der Waals surface area contributed by atoms with Crippen LogP contribution in [0.4, 0.5) is 0 Å². The first-order chi connectivity index (χ1) is 6.79. The third-order valence-corrected chi connectivity index (χ3v) is 2.29. The number of carboxylic acid groups (broad SMARTS) is 1. The van der Waals surface area contributed by atoms with Gasteiger partial charge in [0.1, 0.15) is 0 Å². The highest BCUT2D eigenvalue weighted by Gasteiger charge is 2.02. The van der Waals surface area contributed by atoms with Crippen molar-refractivity contribution in [2.45, 2.75) is 32.1 Å². The third-order valence-electron chi connectivity index (χ3n) is 2.29. The lowest BCUT2D eigenvalue weighted by Gasteiger charge is -2.11. The molecule has 0 radical (unpaired) electrons. The van der Waals surface area contributed by atoms with E-state index in [9.17, 15) is 4.79 Å². The molecule has 0 bridgehead atoms. The van der Waals surface area contributed by atoms with Crippen molar-refractivity contribution >= 4 is 5.97 Å². The van der Waals surface area contributed by atoms with Crippen molar-refractivity contribution in [2.24, 2.45) is 0 Å². The topological polar surface area (TPSA) is 37.3 Å². The molecule has 2 nitrogen and oxygen atoms in total. The largest absolute Gasteiger partial charge is 0.478 e. The zero-order valence-corrected chi connectivity index (χ0v) is 8.28. The molecule has 0 aromatic carbocycles. The summed E-state index contributed by atoms with van der Waals surface area (Å²) in [7, 11) is 0. The van der Waals surface area contributed by atoms with Crippen molar-refractivity contribution in [2.75, 3.05) is 0 Å². The fourth-order valence-corrected chi connectivity index (χ4v) is 1.57. The first-order valence-electron chi connectivity index (χ1n) is 5.05. The maximum Gasteiger partial charge on any atom is 0.328 e. The Balaban J connectivity index is 2.33. The lowest BCUT2D eigenvalue weighted by atomic mass is 9.95. The number of hydrogen-bond donors (Lipinski definition) is 1. The fraction of sp³-hybridized carbons (Fsp3) is 0.417. The summed E-state index contributed by atoms with van der Waals surface area (Å²) in [4.78, 5) is 10.1. The van der Waals surface area contributed by atoms with Crippen molar-refractivity contribution in [3.8, 4) is 0 Å². The molecule has 0 atom stereocenters. The molecule has 0 amide bonds. The minimum Gasteiger partial charge on any atom is -0.478 e. The summed E-state index contributed by atoms with van der Waals surface area (Å²) in [6.45, 7) is 0. The third kappa shape index (κ3) is 4.65. The van der Waals surface area contributed by atoms with Crippen molar-refractivity contribution in [1.29, 1.82) is 0 Å². The number of allylic oxidation sites excluding steroid dienone is 5. The van der Waals surface area contributed by atoms with Crippen LogP contribution in [0.1, 0.15) is 32.1 Å². The molecule has 1 rings (SSSR count). The van der Waals surface area contributed by atoms with Crippen LogP contribution in [-0.2, 0) is 4.79 Å². The minimum atomic E-state index is -0.903. The van der Waals surface area contributed by atoms with E-state index in [1.54, 1.807) is 12.2 Å². The van der Waals surface area contributed by atoms with Crippen LogP contribution in [0, 0.1) is 0 Å². The van der Waals surface area contributed by atoms with E-state index in [0.717, 1.165) is 6.08 Å². The summed E-state index contributed by atoms with van der Waals surface area (Å²) in [5.41, 5.74) is 1.48. The van der Waals surface area contributed by atoms with Gasteiger partial charge in [-0.2, -0.15) is 0 Å². The molecular formula is C12H16O2. The maximum absolute atomic E-state index is 10.1. The van der Waals surface area contributed by atoms with Crippen molar-refractivity contribution < 1.29 is 9.90 Å². The predicted octanol–water partition coefficient (Wildman–Crippen LogP) is 3.07. The number of carbonyl (C=O) groups is 1. The van der Waals surface area contributed by atoms with Gasteiger partial charge in [0.2, 0.25) is 0 Å². The molecule has 1 N–H and O–H groups in total. The average Bonchev–Trinajstić information content (AvgIpc) is 2.18. The molecule has 0 saturated heterocycles. The second-order valence-corrected chi connectivity index (χ2v) is 3.47. The van der Waals surface area contributed by atoms with Crippen LogP contribution >= 0.6 is 0 Å². The highest BCUT2D eigenvalue weighted by Crippen LogP contribution is 2.22. The number of rotatable bonds is 3. The summed E-state index contributed by atoms with van der Waals surface area (Å²) in [6.07, 6.45) is 14.8. The van der Waals surface area contributed by atoms with Crippen LogP contribution in [0.2, 0.25) is 0 Å². The van der Waals surface area contributed by atoms with E-state index >= 15 is 0 Å². The van der Waals surface area contributed by atoms with Gasteiger partial charge in [0, 0.05) is 6.08 Å². The molecule has 2 heteroatoms. The highest BCUT2D eigenvalue weighted by molar-refractivity contribution is 5.80. The Morgan fingerprint density at radius 1 is 1.07 bits per heavy atom. The Kier molecular flexibility index (Phi) is 4.76. The fourth-order valence-electron chi connectivity index (χ4n) is 1.57. The van der Waals surface area contributed by atoms with Gasteiger partial charge in [-0.1, -0.05) is 36.3 Å². The molecule has 1 saturated carbocycles. The monoisotopic (exact) mass is 192 g/mol. The van der Waals surface area contributed by atoms with E-state index in [-0.39, 0.29) is 0 Å². The van der Waals surface area contributed by atoms with Crippen molar-refractivity contribution in [3.63, 3.8) is 0 Å². The minimum absolute atomic E-state index is 0.903. The molecule has 0 heterocycles. The van der Waals surface area contributed by atoms with Gasteiger partial charge in [0.25, 0.3) is 0 Å². The number of aliphatic carboxylic acids is 1. The van der Waals surface area contributed by atoms with E-state index in [0.29, 0.717) is 0 Å². The van der Waals surface area contributed by atoms with Crippen molar-refractivity contribution in [3.05, 3.63) is 36.0 Å². The summed E-state index contributed by atoms with van der Waals surface area (Å²) in [5.74, 6) is -0.903. The molecule has 1 aliphatic rings. The number of hydrogen-bond acceptors (Lipinski definition) is 1. The van der Waals surface area contributed by atoms with Crippen LogP contribution in [0.3, 0.4) is 0 Å². The Morgan fingerprint density at radius 3 is 2.43 bits per heavy atom. The molecule has 14 heavy (non-hydrogen) atoms. The Bertz CT molecular complexity index is 264. The lowest BCUT2D eigenvalue weighted by Crippen LogP contribution is -1.92. The molecule has 0 spiro atoms. The molecular weight excluding hydrogens is 176 g/mol. The Labute approximate surface area is 84.6 Å². The van der Waals surface area contributed by atoms with Gasteiger partial charge >= 0.3 is 5.97 Å². The van der Waals surface area contributed by atoms with Crippen LogP contribution in [-0.4, -0.2) is 11.1 Å².